The molecule has 1 N–H and O–H groups in total. The number of esters is 1. The van der Waals surface area contributed by atoms with Gasteiger partial charge < -0.3 is 19.7 Å². The van der Waals surface area contributed by atoms with E-state index >= 15 is 0 Å². The summed E-state index contributed by atoms with van der Waals surface area (Å²) in [6, 6.07) is 26.0. The quantitative estimate of drug-likeness (QED) is 0.377. The molecule has 0 spiro atoms. The van der Waals surface area contributed by atoms with Crippen molar-refractivity contribution >= 4 is 17.7 Å². The molecule has 0 atom stereocenters. The molecule has 1 aliphatic heterocycles. The third-order valence-electron chi connectivity index (χ3n) is 7.15. The molecule has 1 saturated heterocycles. The summed E-state index contributed by atoms with van der Waals surface area (Å²) in [5.74, 6) is -0.253. The van der Waals surface area contributed by atoms with Gasteiger partial charge in [0.1, 0.15) is 0 Å². The molecule has 0 aromatic heterocycles. The van der Waals surface area contributed by atoms with Crippen molar-refractivity contribution in [2.75, 3.05) is 58.4 Å². The van der Waals surface area contributed by atoms with Crippen molar-refractivity contribution in [1.82, 2.24) is 9.80 Å². The van der Waals surface area contributed by atoms with Crippen LogP contribution >= 0.6 is 0 Å². The third kappa shape index (κ3) is 7.21. The molecular weight excluding hydrogens is 478 g/mol. The van der Waals surface area contributed by atoms with Gasteiger partial charge >= 0.3 is 12.0 Å². The Morgan fingerprint density at radius 1 is 0.921 bits per heavy atom. The molecule has 4 rings (SSSR count). The van der Waals surface area contributed by atoms with Gasteiger partial charge in [-0.05, 0) is 42.2 Å². The number of methoxy groups -OCH3 is 1. The number of amides is 2. The highest BCUT2D eigenvalue weighted by Crippen LogP contribution is 2.28. The second-order valence-corrected chi connectivity index (χ2v) is 9.50. The highest BCUT2D eigenvalue weighted by atomic mass is 16.5. The molecule has 1 fully saturated rings. The van der Waals surface area contributed by atoms with Crippen molar-refractivity contribution in [1.29, 1.82) is 0 Å². The van der Waals surface area contributed by atoms with Crippen LogP contribution in [0.5, 0.6) is 0 Å². The summed E-state index contributed by atoms with van der Waals surface area (Å²) in [6.45, 7) is 6.95. The average Bonchev–Trinajstić information content (AvgIpc) is 2.97. The van der Waals surface area contributed by atoms with Crippen LogP contribution in [0.1, 0.15) is 39.4 Å². The topological polar surface area (TPSA) is 71.1 Å². The number of nitrogens with zero attached hydrogens (tertiary/aromatic N) is 2. The highest BCUT2D eigenvalue weighted by Gasteiger charge is 2.22. The van der Waals surface area contributed by atoms with Gasteiger partial charge in [-0.25, -0.2) is 9.59 Å². The van der Waals surface area contributed by atoms with E-state index in [0.29, 0.717) is 29.9 Å². The minimum Gasteiger partial charge on any atom is -0.465 e. The Morgan fingerprint density at radius 2 is 1.55 bits per heavy atom. The minimum atomic E-state index is -0.420. The highest BCUT2D eigenvalue weighted by molar-refractivity contribution is 5.96. The summed E-state index contributed by atoms with van der Waals surface area (Å²) >= 11 is 0. The molecule has 200 valence electrons. The number of carbonyl (C=O) groups is 2. The largest absolute Gasteiger partial charge is 0.465 e. The second kappa shape index (κ2) is 13.7. The van der Waals surface area contributed by atoms with Gasteiger partial charge in [-0.1, -0.05) is 66.7 Å². The van der Waals surface area contributed by atoms with Gasteiger partial charge in [0.05, 0.1) is 25.9 Å². The number of hydrogen-bond donors (Lipinski definition) is 1. The zero-order valence-corrected chi connectivity index (χ0v) is 22.3. The van der Waals surface area contributed by atoms with Crippen LogP contribution in [0.3, 0.4) is 0 Å². The SMILES string of the molecule is COC(=O)c1cccc(NC(=O)N(CCC(c2ccccc2)c2ccccc2)CCN2CCOCC2)c1C. The van der Waals surface area contributed by atoms with Gasteiger partial charge in [-0.15, -0.1) is 0 Å². The maximum absolute atomic E-state index is 13.6. The average molecular weight is 516 g/mol. The Morgan fingerprint density at radius 3 is 2.16 bits per heavy atom. The molecule has 0 bridgehead atoms. The van der Waals surface area contributed by atoms with E-state index in [1.165, 1.54) is 18.2 Å². The van der Waals surface area contributed by atoms with E-state index in [2.05, 4.69) is 58.7 Å². The van der Waals surface area contributed by atoms with E-state index in [1.54, 1.807) is 12.1 Å². The fourth-order valence-electron chi connectivity index (χ4n) is 4.88. The Labute approximate surface area is 225 Å². The van der Waals surface area contributed by atoms with Crippen molar-refractivity contribution in [3.8, 4) is 0 Å². The number of hydrogen-bond acceptors (Lipinski definition) is 5. The van der Waals surface area contributed by atoms with Crippen molar-refractivity contribution < 1.29 is 19.1 Å². The maximum atomic E-state index is 13.6. The fourth-order valence-corrected chi connectivity index (χ4v) is 4.88. The second-order valence-electron chi connectivity index (χ2n) is 9.50. The van der Waals surface area contributed by atoms with Crippen LogP contribution in [0.25, 0.3) is 0 Å². The van der Waals surface area contributed by atoms with Gasteiger partial charge in [0, 0.05) is 44.3 Å². The molecule has 0 radical (unpaired) electrons. The minimum absolute atomic E-state index is 0.167. The van der Waals surface area contributed by atoms with Crippen LogP contribution in [0.2, 0.25) is 0 Å². The first kappa shape index (κ1) is 27.4. The molecule has 1 aliphatic rings. The third-order valence-corrected chi connectivity index (χ3v) is 7.15. The van der Waals surface area contributed by atoms with E-state index in [9.17, 15) is 9.59 Å². The van der Waals surface area contributed by atoms with Crippen LogP contribution in [-0.4, -0.2) is 74.8 Å². The number of carbonyl (C=O) groups excluding carboxylic acids is 2. The first-order valence-electron chi connectivity index (χ1n) is 13.2. The van der Waals surface area contributed by atoms with Crippen molar-refractivity contribution in [3.63, 3.8) is 0 Å². The lowest BCUT2D eigenvalue weighted by Crippen LogP contribution is -2.44. The molecule has 3 aromatic carbocycles. The Kier molecular flexibility index (Phi) is 9.90. The lowest BCUT2D eigenvalue weighted by atomic mass is 9.88. The van der Waals surface area contributed by atoms with E-state index in [4.69, 9.17) is 9.47 Å². The van der Waals surface area contributed by atoms with E-state index in [0.717, 1.165) is 39.3 Å². The zero-order chi connectivity index (χ0) is 26.7. The number of nitrogens with one attached hydrogen (secondary N) is 1. The molecule has 38 heavy (non-hydrogen) atoms. The number of urea groups is 1. The van der Waals surface area contributed by atoms with Crippen molar-refractivity contribution in [2.24, 2.45) is 0 Å². The molecule has 0 unspecified atom stereocenters. The number of rotatable bonds is 10. The number of anilines is 1. The van der Waals surface area contributed by atoms with E-state index < -0.39 is 5.97 Å². The van der Waals surface area contributed by atoms with Gasteiger partial charge in [-0.2, -0.15) is 0 Å². The van der Waals surface area contributed by atoms with Crippen LogP contribution < -0.4 is 5.32 Å². The summed E-state index contributed by atoms with van der Waals surface area (Å²) in [5, 5.41) is 3.06. The molecule has 7 nitrogen and oxygen atoms in total. The summed E-state index contributed by atoms with van der Waals surface area (Å²) in [7, 11) is 1.36. The van der Waals surface area contributed by atoms with Gasteiger partial charge in [-0.3, -0.25) is 4.90 Å². The zero-order valence-electron chi connectivity index (χ0n) is 22.3. The molecule has 2 amide bonds. The lowest BCUT2D eigenvalue weighted by Gasteiger charge is -2.31. The lowest BCUT2D eigenvalue weighted by molar-refractivity contribution is 0.0351. The summed E-state index contributed by atoms with van der Waals surface area (Å²) in [4.78, 5) is 30.0. The molecule has 7 heteroatoms. The fraction of sp³-hybridized carbons (Fsp3) is 0.355. The number of ether oxygens (including phenoxy) is 2. The molecule has 3 aromatic rings. The summed E-state index contributed by atoms with van der Waals surface area (Å²) < 4.78 is 10.4. The summed E-state index contributed by atoms with van der Waals surface area (Å²) in [5.41, 5.74) is 4.20. The maximum Gasteiger partial charge on any atom is 0.338 e. The Balaban J connectivity index is 1.53. The standard InChI is InChI=1S/C31H37N3O4/c1-24-27(30(35)37-2)14-9-15-29(24)32-31(36)34(19-18-33-20-22-38-23-21-33)17-16-28(25-10-5-3-6-11-25)26-12-7-4-8-13-26/h3-15,28H,16-23H2,1-2H3,(H,32,36). The van der Waals surface area contributed by atoms with Crippen LogP contribution in [0.15, 0.2) is 78.9 Å². The molecular formula is C31H37N3O4. The van der Waals surface area contributed by atoms with Crippen molar-refractivity contribution in [3.05, 3.63) is 101 Å². The number of morpholine rings is 1. The molecule has 0 saturated carbocycles. The van der Waals surface area contributed by atoms with E-state index in [-0.39, 0.29) is 11.9 Å². The predicted octanol–water partition coefficient (Wildman–Crippen LogP) is 5.17. The Bertz CT molecular complexity index is 1140. The van der Waals surface area contributed by atoms with Crippen LogP contribution in [0, 0.1) is 6.92 Å². The Hall–Kier alpha value is -3.68. The normalized spacial score (nSPS) is 13.8. The first-order chi connectivity index (χ1) is 18.6. The van der Waals surface area contributed by atoms with E-state index in [1.807, 2.05) is 30.0 Å². The predicted molar refractivity (Wildman–Crippen MR) is 150 cm³/mol. The number of benzene rings is 3. The van der Waals surface area contributed by atoms with Gasteiger partial charge in [0.15, 0.2) is 0 Å². The monoisotopic (exact) mass is 515 g/mol. The molecule has 0 aliphatic carbocycles. The van der Waals surface area contributed by atoms with Crippen LogP contribution in [0.4, 0.5) is 10.5 Å². The first-order valence-corrected chi connectivity index (χ1v) is 13.2. The smallest absolute Gasteiger partial charge is 0.338 e. The summed E-state index contributed by atoms with van der Waals surface area (Å²) in [6.07, 6.45) is 0.783. The molecule has 1 heterocycles. The van der Waals surface area contributed by atoms with Gasteiger partial charge in [0.25, 0.3) is 0 Å². The van der Waals surface area contributed by atoms with Crippen molar-refractivity contribution in [2.45, 2.75) is 19.3 Å². The van der Waals surface area contributed by atoms with Crippen LogP contribution in [-0.2, 0) is 9.47 Å². The van der Waals surface area contributed by atoms with Gasteiger partial charge in [0.2, 0.25) is 0 Å².